The molecule has 0 fully saturated rings. The van der Waals surface area contributed by atoms with E-state index in [0.717, 1.165) is 17.7 Å². The smallest absolute Gasteiger partial charge is 0.744 e. The fourth-order valence-corrected chi connectivity index (χ4v) is 2.86. The summed E-state index contributed by atoms with van der Waals surface area (Å²) in [5.74, 6) is -0.802. The van der Waals surface area contributed by atoms with Gasteiger partial charge < -0.3 is 9.87 Å². The van der Waals surface area contributed by atoms with Crippen LogP contribution in [0.5, 0.6) is 0 Å². The van der Waals surface area contributed by atoms with E-state index in [1.807, 2.05) is 0 Å². The first-order valence-corrected chi connectivity index (χ1v) is 9.06. The summed E-state index contributed by atoms with van der Waals surface area (Å²) in [5.41, 5.74) is 1.18. The van der Waals surface area contributed by atoms with Crippen LogP contribution in [-0.2, 0) is 21.3 Å². The van der Waals surface area contributed by atoms with Crippen molar-refractivity contribution in [1.82, 2.24) is 0 Å². The Morgan fingerprint density at radius 1 is 1.12 bits per heavy atom. The molecule has 2 aromatic rings. The molecule has 0 saturated heterocycles. The molecule has 128 valence electrons. The molecule has 0 aliphatic rings. The molecule has 0 aromatic heterocycles. The minimum absolute atomic E-state index is 0. The molecule has 1 unspecified atom stereocenters. The van der Waals surface area contributed by atoms with Crippen molar-refractivity contribution in [3.05, 3.63) is 59.9 Å². The summed E-state index contributed by atoms with van der Waals surface area (Å²) in [6.07, 6.45) is 0.392. The number of benzene rings is 2. The van der Waals surface area contributed by atoms with E-state index in [-0.39, 0.29) is 51.9 Å². The molecule has 2 rings (SSSR count). The Hall–Kier alpha value is -0.900. The van der Waals surface area contributed by atoms with E-state index >= 15 is 0 Å². The van der Waals surface area contributed by atoms with Gasteiger partial charge in [0.2, 0.25) is 5.91 Å². The van der Waals surface area contributed by atoms with Crippen LogP contribution in [0.25, 0.3) is 0 Å². The Bertz CT molecular complexity index is 811. The number of anilines is 1. The van der Waals surface area contributed by atoms with Gasteiger partial charge in [0.15, 0.2) is 0 Å². The molecule has 5 nitrogen and oxygen atoms in total. The maximum Gasteiger partial charge on any atom is 1.00 e. The number of amides is 1. The van der Waals surface area contributed by atoms with E-state index in [1.165, 1.54) is 24.3 Å². The van der Waals surface area contributed by atoms with Gasteiger partial charge in [0.1, 0.15) is 15.9 Å². The summed E-state index contributed by atoms with van der Waals surface area (Å²) in [6.45, 7) is 0. The number of nitrogens with one attached hydrogen (secondary N) is 1. The zero-order valence-electron chi connectivity index (χ0n) is 13.5. The summed E-state index contributed by atoms with van der Waals surface area (Å²) in [7, 11) is -4.52. The molecule has 0 heterocycles. The third-order valence-electron chi connectivity index (χ3n) is 3.40. The molecule has 2 aromatic carbocycles. The third kappa shape index (κ3) is 6.73. The van der Waals surface area contributed by atoms with Gasteiger partial charge in [-0.05, 0) is 48.4 Å². The topological polar surface area (TPSA) is 86.3 Å². The average Bonchev–Trinajstić information content (AvgIpc) is 2.54. The van der Waals surface area contributed by atoms with Crippen LogP contribution < -0.4 is 34.9 Å². The molecule has 0 spiro atoms. The molecule has 1 atom stereocenters. The molecule has 1 amide bonds. The molecule has 0 bridgehead atoms. The molecule has 1 N–H and O–H groups in total. The van der Waals surface area contributed by atoms with Crippen molar-refractivity contribution >= 4 is 34.3 Å². The standard InChI is InChI=1S/C16H16FNO4S2.Na/c17-13-3-1-11(2-4-13)9-12(10-23)16(19)18-14-5-7-15(8-6-14)24(20,21)22;/h1-8,12,23H,9-10H2,(H,18,19)(H,20,21,22);/q;+1/p-1. The van der Waals surface area contributed by atoms with E-state index in [4.69, 9.17) is 0 Å². The first-order valence-electron chi connectivity index (χ1n) is 7.01. The quantitative estimate of drug-likeness (QED) is 0.394. The number of hydrogen-bond acceptors (Lipinski definition) is 5. The second-order valence-electron chi connectivity index (χ2n) is 5.18. The Morgan fingerprint density at radius 2 is 1.68 bits per heavy atom. The van der Waals surface area contributed by atoms with Crippen LogP contribution in [-0.4, -0.2) is 24.6 Å². The normalized spacial score (nSPS) is 12.1. The number of carbonyl (C=O) groups is 1. The van der Waals surface area contributed by atoms with Gasteiger partial charge in [-0.2, -0.15) is 12.6 Å². The molecule has 0 saturated carbocycles. The van der Waals surface area contributed by atoms with Crippen LogP contribution >= 0.6 is 12.6 Å². The largest absolute Gasteiger partial charge is 1.00 e. The Balaban J connectivity index is 0.00000312. The minimum Gasteiger partial charge on any atom is -0.744 e. The Labute approximate surface area is 173 Å². The van der Waals surface area contributed by atoms with Crippen LogP contribution in [0.4, 0.5) is 10.1 Å². The average molecular weight is 391 g/mol. The second kappa shape index (κ2) is 9.70. The molecule has 0 aliphatic carbocycles. The van der Waals surface area contributed by atoms with Crippen molar-refractivity contribution < 1.29 is 51.7 Å². The van der Waals surface area contributed by atoms with Crippen molar-refractivity contribution in [3.63, 3.8) is 0 Å². The SMILES string of the molecule is O=C(Nc1ccc(S(=O)(=O)[O-])cc1)C(CS)Cc1ccc(F)cc1.[Na+]. The van der Waals surface area contributed by atoms with E-state index in [1.54, 1.807) is 12.1 Å². The van der Waals surface area contributed by atoms with Gasteiger partial charge in [-0.15, -0.1) is 0 Å². The maximum absolute atomic E-state index is 12.9. The van der Waals surface area contributed by atoms with Crippen molar-refractivity contribution in [2.45, 2.75) is 11.3 Å². The summed E-state index contributed by atoms with van der Waals surface area (Å²) in [6, 6.07) is 10.8. The predicted octanol–water partition coefficient (Wildman–Crippen LogP) is -0.539. The molecule has 0 radical (unpaired) electrons. The van der Waals surface area contributed by atoms with Gasteiger partial charge in [0.05, 0.1) is 10.8 Å². The zero-order valence-corrected chi connectivity index (χ0v) is 17.2. The van der Waals surface area contributed by atoms with Crippen molar-refractivity contribution in [2.24, 2.45) is 5.92 Å². The fraction of sp³-hybridized carbons (Fsp3) is 0.188. The minimum atomic E-state index is -4.52. The van der Waals surface area contributed by atoms with Crippen LogP contribution in [0.2, 0.25) is 0 Å². The monoisotopic (exact) mass is 391 g/mol. The third-order valence-corrected chi connectivity index (χ3v) is 4.69. The summed E-state index contributed by atoms with van der Waals surface area (Å²) in [5, 5.41) is 2.64. The van der Waals surface area contributed by atoms with E-state index in [0.29, 0.717) is 12.1 Å². The fourth-order valence-electron chi connectivity index (χ4n) is 2.09. The Morgan fingerprint density at radius 3 is 2.16 bits per heavy atom. The number of halogens is 1. The first-order chi connectivity index (χ1) is 11.3. The molecule has 25 heavy (non-hydrogen) atoms. The van der Waals surface area contributed by atoms with Crippen molar-refractivity contribution in [3.8, 4) is 0 Å². The molecule has 0 aliphatic heterocycles. The van der Waals surface area contributed by atoms with Gasteiger partial charge in [-0.1, -0.05) is 12.1 Å². The maximum atomic E-state index is 12.9. The summed E-state index contributed by atoms with van der Waals surface area (Å²) >= 11 is 4.17. The van der Waals surface area contributed by atoms with Crippen molar-refractivity contribution in [1.29, 1.82) is 0 Å². The zero-order chi connectivity index (χ0) is 17.7. The van der Waals surface area contributed by atoms with E-state index < -0.39 is 16.0 Å². The van der Waals surface area contributed by atoms with Gasteiger partial charge in [0.25, 0.3) is 0 Å². The molecular formula is C16H15FNNaO4S2. The predicted molar refractivity (Wildman–Crippen MR) is 90.5 cm³/mol. The van der Waals surface area contributed by atoms with Gasteiger partial charge in [0, 0.05) is 11.4 Å². The van der Waals surface area contributed by atoms with Crippen LogP contribution in [0.3, 0.4) is 0 Å². The molecule has 9 heteroatoms. The van der Waals surface area contributed by atoms with Crippen molar-refractivity contribution in [2.75, 3.05) is 11.1 Å². The number of rotatable bonds is 6. The van der Waals surface area contributed by atoms with Crippen LogP contribution in [0, 0.1) is 11.7 Å². The number of thiol groups is 1. The second-order valence-corrected chi connectivity index (χ2v) is 6.92. The summed E-state index contributed by atoms with van der Waals surface area (Å²) < 4.78 is 45.5. The first kappa shape index (κ1) is 22.1. The number of carbonyl (C=O) groups excluding carboxylic acids is 1. The summed E-state index contributed by atoms with van der Waals surface area (Å²) in [4.78, 5) is 11.9. The van der Waals surface area contributed by atoms with Gasteiger partial charge in [-0.3, -0.25) is 4.79 Å². The Kier molecular flexibility index (Phi) is 8.59. The van der Waals surface area contributed by atoms with Gasteiger partial charge in [-0.25, -0.2) is 12.8 Å². The number of hydrogen-bond donors (Lipinski definition) is 2. The van der Waals surface area contributed by atoms with Gasteiger partial charge >= 0.3 is 29.6 Å². The molecular weight excluding hydrogens is 376 g/mol. The van der Waals surface area contributed by atoms with E-state index in [9.17, 15) is 22.2 Å². The van der Waals surface area contributed by atoms with E-state index in [2.05, 4.69) is 17.9 Å². The van der Waals surface area contributed by atoms with Crippen LogP contribution in [0.15, 0.2) is 53.4 Å². The van der Waals surface area contributed by atoms with Crippen LogP contribution in [0.1, 0.15) is 5.56 Å².